The number of thiazole rings is 1. The van der Waals surface area contributed by atoms with Gasteiger partial charge < -0.3 is 5.32 Å². The second-order valence-corrected chi connectivity index (χ2v) is 7.76. The second-order valence-electron chi connectivity index (χ2n) is 6.48. The van der Waals surface area contributed by atoms with Crippen LogP contribution in [0, 0.1) is 26.7 Å². The number of carbonyl (C=O) groups is 1. The molecule has 1 atom stereocenters. The molecule has 1 amide bonds. The van der Waals surface area contributed by atoms with Gasteiger partial charge in [-0.2, -0.15) is 0 Å². The number of hydrogen-bond acceptors (Lipinski definition) is 5. The van der Waals surface area contributed by atoms with Gasteiger partial charge in [0, 0.05) is 17.1 Å². The van der Waals surface area contributed by atoms with E-state index in [9.17, 15) is 4.79 Å². The third-order valence-electron chi connectivity index (χ3n) is 4.45. The highest BCUT2D eigenvalue weighted by Crippen LogP contribution is 2.23. The van der Waals surface area contributed by atoms with Crippen molar-refractivity contribution in [3.63, 3.8) is 0 Å². The lowest BCUT2D eigenvalue weighted by Gasteiger charge is -2.31. The van der Waals surface area contributed by atoms with Crippen molar-refractivity contribution in [1.29, 1.82) is 0 Å². The smallest absolute Gasteiger partial charge is 0.229 e. The average molecular weight is 344 g/mol. The molecule has 6 heteroatoms. The molecule has 0 radical (unpaired) electrons. The third-order valence-corrected chi connectivity index (χ3v) is 5.51. The number of aromatic nitrogens is 2. The van der Waals surface area contributed by atoms with Gasteiger partial charge in [0.05, 0.1) is 18.2 Å². The highest BCUT2D eigenvalue weighted by molar-refractivity contribution is 7.11. The highest BCUT2D eigenvalue weighted by Gasteiger charge is 2.26. The number of amides is 1. The number of aryl methyl sites for hydroxylation is 3. The van der Waals surface area contributed by atoms with E-state index in [-0.39, 0.29) is 11.8 Å². The van der Waals surface area contributed by atoms with Crippen molar-refractivity contribution < 1.29 is 4.79 Å². The Morgan fingerprint density at radius 1 is 1.33 bits per heavy atom. The van der Waals surface area contributed by atoms with Crippen LogP contribution in [0.25, 0.3) is 0 Å². The van der Waals surface area contributed by atoms with E-state index < -0.39 is 0 Å². The van der Waals surface area contributed by atoms with Gasteiger partial charge in [0.1, 0.15) is 10.8 Å². The minimum Gasteiger partial charge on any atom is -0.310 e. The van der Waals surface area contributed by atoms with Crippen LogP contribution in [0.2, 0.25) is 0 Å². The molecule has 1 fully saturated rings. The maximum absolute atomic E-state index is 12.5. The Morgan fingerprint density at radius 2 is 2.17 bits per heavy atom. The van der Waals surface area contributed by atoms with Crippen molar-refractivity contribution in [2.75, 3.05) is 18.4 Å². The van der Waals surface area contributed by atoms with Crippen molar-refractivity contribution >= 4 is 23.1 Å². The molecule has 1 saturated heterocycles. The molecule has 0 aromatic carbocycles. The molecule has 0 saturated carbocycles. The van der Waals surface area contributed by atoms with Crippen molar-refractivity contribution in [2.45, 2.75) is 40.2 Å². The molecule has 2 aromatic rings. The molecule has 0 aliphatic carbocycles. The summed E-state index contributed by atoms with van der Waals surface area (Å²) in [6.07, 6.45) is 1.98. The Kier molecular flexibility index (Phi) is 5.26. The monoisotopic (exact) mass is 344 g/mol. The summed E-state index contributed by atoms with van der Waals surface area (Å²) in [6.45, 7) is 8.75. The summed E-state index contributed by atoms with van der Waals surface area (Å²) in [6, 6.07) is 5.68. The normalized spacial score (nSPS) is 18.5. The number of pyridine rings is 1. The van der Waals surface area contributed by atoms with Crippen LogP contribution in [-0.4, -0.2) is 33.9 Å². The Morgan fingerprint density at radius 3 is 2.88 bits per heavy atom. The van der Waals surface area contributed by atoms with Crippen LogP contribution in [0.3, 0.4) is 0 Å². The topological polar surface area (TPSA) is 58.1 Å². The summed E-state index contributed by atoms with van der Waals surface area (Å²) >= 11 is 1.76. The summed E-state index contributed by atoms with van der Waals surface area (Å²) in [5.74, 6) is 0.732. The van der Waals surface area contributed by atoms with Crippen LogP contribution in [-0.2, 0) is 11.3 Å². The van der Waals surface area contributed by atoms with Crippen molar-refractivity contribution in [3.05, 3.63) is 39.5 Å². The van der Waals surface area contributed by atoms with Gasteiger partial charge in [-0.15, -0.1) is 11.3 Å². The first-order valence-electron chi connectivity index (χ1n) is 8.41. The minimum absolute atomic E-state index is 0.0169. The zero-order chi connectivity index (χ0) is 17.1. The summed E-state index contributed by atoms with van der Waals surface area (Å²) in [5, 5.41) is 4.11. The van der Waals surface area contributed by atoms with E-state index in [1.165, 1.54) is 4.88 Å². The molecular formula is C18H24N4OS. The zero-order valence-corrected chi connectivity index (χ0v) is 15.3. The lowest BCUT2D eigenvalue weighted by molar-refractivity contribution is -0.121. The fraction of sp³-hybridized carbons (Fsp3) is 0.500. The predicted molar refractivity (Wildman–Crippen MR) is 97.2 cm³/mol. The van der Waals surface area contributed by atoms with E-state index in [0.717, 1.165) is 48.9 Å². The van der Waals surface area contributed by atoms with Crippen LogP contribution >= 0.6 is 11.3 Å². The van der Waals surface area contributed by atoms with Gasteiger partial charge in [-0.05, 0) is 52.3 Å². The van der Waals surface area contributed by atoms with Crippen LogP contribution in [0.4, 0.5) is 5.82 Å². The van der Waals surface area contributed by atoms with Crippen LogP contribution < -0.4 is 5.32 Å². The summed E-state index contributed by atoms with van der Waals surface area (Å²) in [4.78, 5) is 25.1. The first-order chi connectivity index (χ1) is 11.5. The Labute approximate surface area is 147 Å². The zero-order valence-electron chi connectivity index (χ0n) is 14.5. The van der Waals surface area contributed by atoms with E-state index >= 15 is 0 Å². The predicted octanol–water partition coefficient (Wildman–Crippen LogP) is 3.31. The quantitative estimate of drug-likeness (QED) is 0.924. The summed E-state index contributed by atoms with van der Waals surface area (Å²) in [5.41, 5.74) is 2.03. The van der Waals surface area contributed by atoms with Gasteiger partial charge in [-0.1, -0.05) is 6.07 Å². The fourth-order valence-corrected chi connectivity index (χ4v) is 4.03. The molecule has 24 heavy (non-hydrogen) atoms. The fourth-order valence-electron chi connectivity index (χ4n) is 3.05. The molecule has 3 heterocycles. The number of anilines is 1. The van der Waals surface area contributed by atoms with Crippen LogP contribution in [0.5, 0.6) is 0 Å². The van der Waals surface area contributed by atoms with Crippen LogP contribution in [0.1, 0.15) is 34.1 Å². The van der Waals surface area contributed by atoms with E-state index in [1.54, 1.807) is 11.3 Å². The largest absolute Gasteiger partial charge is 0.310 e. The number of rotatable bonds is 4. The van der Waals surface area contributed by atoms with Gasteiger partial charge in [0.15, 0.2) is 0 Å². The van der Waals surface area contributed by atoms with Gasteiger partial charge >= 0.3 is 0 Å². The number of hydrogen-bond donors (Lipinski definition) is 1. The first kappa shape index (κ1) is 17.0. The Hall–Kier alpha value is -1.79. The van der Waals surface area contributed by atoms with E-state index in [4.69, 9.17) is 0 Å². The maximum atomic E-state index is 12.5. The summed E-state index contributed by atoms with van der Waals surface area (Å²) in [7, 11) is 0. The second kappa shape index (κ2) is 7.40. The van der Waals surface area contributed by atoms with Gasteiger partial charge in [-0.3, -0.25) is 9.69 Å². The molecule has 1 unspecified atom stereocenters. The first-order valence-corrected chi connectivity index (χ1v) is 9.22. The number of piperidine rings is 1. The molecule has 0 spiro atoms. The maximum Gasteiger partial charge on any atom is 0.229 e. The number of nitrogens with zero attached hydrogens (tertiary/aromatic N) is 3. The summed E-state index contributed by atoms with van der Waals surface area (Å²) < 4.78 is 0. The molecule has 2 aromatic heterocycles. The van der Waals surface area contributed by atoms with E-state index in [0.29, 0.717) is 5.82 Å². The van der Waals surface area contributed by atoms with Crippen molar-refractivity contribution in [2.24, 2.45) is 5.92 Å². The van der Waals surface area contributed by atoms with E-state index in [1.807, 2.05) is 25.1 Å². The number of nitrogens with one attached hydrogen (secondary N) is 1. The lowest BCUT2D eigenvalue weighted by Crippen LogP contribution is -2.40. The molecule has 128 valence electrons. The van der Waals surface area contributed by atoms with Gasteiger partial charge in [0.25, 0.3) is 0 Å². The highest BCUT2D eigenvalue weighted by atomic mass is 32.1. The molecule has 3 rings (SSSR count). The van der Waals surface area contributed by atoms with Gasteiger partial charge in [0.2, 0.25) is 5.91 Å². The Bertz CT molecular complexity index is 708. The SMILES string of the molecule is Cc1cccc(NC(=O)C2CCCN(Cc3nc(C)c(C)s3)C2)n1. The standard InChI is InChI=1S/C18H24N4OS/c1-12-6-4-8-16(19-12)21-18(23)15-7-5-9-22(10-15)11-17-20-13(2)14(3)24-17/h4,6,8,15H,5,7,9-11H2,1-3H3,(H,19,21,23). The molecule has 1 N–H and O–H groups in total. The van der Waals surface area contributed by atoms with Gasteiger partial charge in [-0.25, -0.2) is 9.97 Å². The molecule has 1 aliphatic heterocycles. The minimum atomic E-state index is 0.0169. The molecule has 1 aliphatic rings. The van der Waals surface area contributed by atoms with E-state index in [2.05, 4.69) is 34.0 Å². The third kappa shape index (κ3) is 4.19. The van der Waals surface area contributed by atoms with Crippen molar-refractivity contribution in [1.82, 2.24) is 14.9 Å². The lowest BCUT2D eigenvalue weighted by atomic mass is 9.97. The molecular weight excluding hydrogens is 320 g/mol. The molecule has 0 bridgehead atoms. The Balaban J connectivity index is 1.59. The molecule has 5 nitrogen and oxygen atoms in total. The number of likely N-dealkylation sites (tertiary alicyclic amines) is 1. The number of carbonyl (C=O) groups excluding carboxylic acids is 1. The average Bonchev–Trinajstić information content (AvgIpc) is 2.85. The van der Waals surface area contributed by atoms with Crippen LogP contribution in [0.15, 0.2) is 18.2 Å². The van der Waals surface area contributed by atoms with Crippen molar-refractivity contribution in [3.8, 4) is 0 Å².